The molecule has 0 amide bonds. The van der Waals surface area contributed by atoms with Gasteiger partial charge in [-0.25, -0.2) is 0 Å². The molecule has 46 valence electrons. The first-order valence-corrected chi connectivity index (χ1v) is 3.53. The SMILES string of the molecule is N#Cc1cccc(C#N)p1. The molecule has 1 aromatic heterocycles. The third-order valence-corrected chi connectivity index (χ3v) is 1.96. The molecule has 0 atom stereocenters. The molecule has 0 aliphatic carbocycles. The van der Waals surface area contributed by atoms with Gasteiger partial charge in [-0.1, -0.05) is 6.07 Å². The van der Waals surface area contributed by atoms with Crippen LogP contribution in [0.15, 0.2) is 18.2 Å². The lowest BCUT2D eigenvalue weighted by Gasteiger charge is -1.85. The van der Waals surface area contributed by atoms with Crippen LogP contribution in [0.1, 0.15) is 10.6 Å². The quantitative estimate of drug-likeness (QED) is 0.562. The van der Waals surface area contributed by atoms with E-state index in [0.29, 0.717) is 10.6 Å². The molecule has 0 aliphatic rings. The smallest absolute Gasteiger partial charge is 0.104 e. The Morgan fingerprint density at radius 1 is 1.10 bits per heavy atom. The van der Waals surface area contributed by atoms with E-state index < -0.39 is 0 Å². The maximum atomic E-state index is 8.42. The summed E-state index contributed by atoms with van der Waals surface area (Å²) in [6.45, 7) is 0. The maximum absolute atomic E-state index is 8.42. The van der Waals surface area contributed by atoms with E-state index in [2.05, 4.69) is 0 Å². The molecular weight excluding hydrogens is 143 g/mol. The summed E-state index contributed by atoms with van der Waals surface area (Å²) in [7, 11) is 0.726. The van der Waals surface area contributed by atoms with Gasteiger partial charge in [-0.15, -0.1) is 0 Å². The van der Waals surface area contributed by atoms with Gasteiger partial charge in [0.2, 0.25) is 0 Å². The highest BCUT2D eigenvalue weighted by Gasteiger charge is 1.91. The summed E-state index contributed by atoms with van der Waals surface area (Å²) in [5, 5.41) is 18.1. The predicted molar refractivity (Wildman–Crippen MR) is 38.4 cm³/mol. The molecular formula is C7H3N2P. The summed E-state index contributed by atoms with van der Waals surface area (Å²) in [6, 6.07) is 9.12. The Labute approximate surface area is 60.4 Å². The van der Waals surface area contributed by atoms with Crippen molar-refractivity contribution in [1.82, 2.24) is 0 Å². The topological polar surface area (TPSA) is 47.6 Å². The molecule has 0 N–H and O–H groups in total. The van der Waals surface area contributed by atoms with Gasteiger partial charge in [-0.2, -0.15) is 10.5 Å². The second-order valence-electron chi connectivity index (χ2n) is 1.63. The highest BCUT2D eigenvalue weighted by Crippen LogP contribution is 2.16. The molecule has 1 heterocycles. The highest BCUT2D eigenvalue weighted by atomic mass is 31.0. The van der Waals surface area contributed by atoms with Crippen LogP contribution < -0.4 is 0 Å². The molecule has 0 bridgehead atoms. The molecule has 0 saturated carbocycles. The van der Waals surface area contributed by atoms with E-state index in [0.717, 1.165) is 8.19 Å². The molecule has 0 radical (unpaired) electrons. The summed E-state index contributed by atoms with van der Waals surface area (Å²) in [6.07, 6.45) is 0. The number of nitrogens with zero attached hydrogens (tertiary/aromatic N) is 2. The lowest BCUT2D eigenvalue weighted by atomic mass is 10.4. The Balaban J connectivity index is 3.17. The fourth-order valence-electron chi connectivity index (χ4n) is 0.559. The average molecular weight is 146 g/mol. The standard InChI is InChI=1S/C7H3N2P/c8-4-6-2-1-3-7(5-9)10-6/h1-3H. The second kappa shape index (κ2) is 2.97. The monoisotopic (exact) mass is 146 g/mol. The van der Waals surface area contributed by atoms with E-state index in [1.54, 1.807) is 18.2 Å². The van der Waals surface area contributed by atoms with Crippen LogP contribution in [0.4, 0.5) is 0 Å². The summed E-state index contributed by atoms with van der Waals surface area (Å²) in [4.78, 5) is 0. The Morgan fingerprint density at radius 2 is 1.60 bits per heavy atom. The van der Waals surface area contributed by atoms with E-state index in [-0.39, 0.29) is 0 Å². The number of nitriles is 2. The van der Waals surface area contributed by atoms with E-state index in [4.69, 9.17) is 10.5 Å². The van der Waals surface area contributed by atoms with Gasteiger partial charge in [0.25, 0.3) is 0 Å². The van der Waals surface area contributed by atoms with Gasteiger partial charge in [-0.05, 0) is 20.3 Å². The third kappa shape index (κ3) is 1.32. The van der Waals surface area contributed by atoms with Crippen molar-refractivity contribution < 1.29 is 0 Å². The third-order valence-electron chi connectivity index (χ3n) is 0.978. The van der Waals surface area contributed by atoms with Gasteiger partial charge in [0.05, 0.1) is 10.6 Å². The summed E-state index contributed by atoms with van der Waals surface area (Å²) >= 11 is 0. The predicted octanol–water partition coefficient (Wildman–Crippen LogP) is 2.01. The van der Waals surface area contributed by atoms with E-state index in [1.807, 2.05) is 12.1 Å². The van der Waals surface area contributed by atoms with Crippen molar-refractivity contribution in [3.8, 4) is 12.1 Å². The zero-order valence-corrected chi connectivity index (χ0v) is 5.97. The Kier molecular flexibility index (Phi) is 2.00. The van der Waals surface area contributed by atoms with Gasteiger partial charge < -0.3 is 0 Å². The normalized spacial score (nSPS) is 7.80. The average Bonchev–Trinajstić information content (AvgIpc) is 2.05. The molecule has 0 fully saturated rings. The van der Waals surface area contributed by atoms with Crippen molar-refractivity contribution in [2.75, 3.05) is 0 Å². The van der Waals surface area contributed by atoms with E-state index in [9.17, 15) is 0 Å². The van der Waals surface area contributed by atoms with Crippen LogP contribution >= 0.6 is 8.19 Å². The van der Waals surface area contributed by atoms with Crippen molar-refractivity contribution in [2.24, 2.45) is 0 Å². The van der Waals surface area contributed by atoms with Crippen LogP contribution in [-0.2, 0) is 0 Å². The van der Waals surface area contributed by atoms with Crippen molar-refractivity contribution in [2.45, 2.75) is 0 Å². The van der Waals surface area contributed by atoms with E-state index in [1.165, 1.54) is 0 Å². The summed E-state index contributed by atoms with van der Waals surface area (Å²) in [5.74, 6) is 0. The van der Waals surface area contributed by atoms with Crippen molar-refractivity contribution >= 4 is 8.19 Å². The molecule has 10 heavy (non-hydrogen) atoms. The fraction of sp³-hybridized carbons (Fsp3) is 0. The molecule has 3 heteroatoms. The van der Waals surface area contributed by atoms with Crippen molar-refractivity contribution in [1.29, 1.82) is 10.5 Å². The molecule has 0 aromatic carbocycles. The van der Waals surface area contributed by atoms with Gasteiger partial charge in [-0.3, -0.25) is 0 Å². The van der Waals surface area contributed by atoms with Gasteiger partial charge in [0, 0.05) is 0 Å². The van der Waals surface area contributed by atoms with Gasteiger partial charge in [0.1, 0.15) is 12.1 Å². The molecule has 1 rings (SSSR count). The summed E-state index contributed by atoms with van der Waals surface area (Å²) < 4.78 is 0. The zero-order chi connectivity index (χ0) is 7.40. The van der Waals surface area contributed by atoms with Gasteiger partial charge in [0.15, 0.2) is 0 Å². The Bertz CT molecular complexity index is 290. The summed E-state index contributed by atoms with van der Waals surface area (Å²) in [5.41, 5.74) is 0. The number of rotatable bonds is 0. The van der Waals surface area contributed by atoms with Crippen molar-refractivity contribution in [3.05, 3.63) is 28.8 Å². The fourth-order valence-corrected chi connectivity index (χ4v) is 1.24. The highest BCUT2D eigenvalue weighted by molar-refractivity contribution is 7.32. The van der Waals surface area contributed by atoms with Crippen molar-refractivity contribution in [3.63, 3.8) is 0 Å². The minimum Gasteiger partial charge on any atom is -0.192 e. The lowest BCUT2D eigenvalue weighted by Crippen LogP contribution is -1.67. The zero-order valence-electron chi connectivity index (χ0n) is 5.07. The first kappa shape index (κ1) is 6.75. The number of hydrogen-bond acceptors (Lipinski definition) is 2. The lowest BCUT2D eigenvalue weighted by molar-refractivity contribution is 1.51. The number of hydrogen-bond donors (Lipinski definition) is 0. The van der Waals surface area contributed by atoms with Gasteiger partial charge >= 0.3 is 0 Å². The van der Waals surface area contributed by atoms with Crippen LogP contribution in [0.5, 0.6) is 0 Å². The van der Waals surface area contributed by atoms with Crippen LogP contribution in [0.25, 0.3) is 0 Å². The van der Waals surface area contributed by atoms with E-state index >= 15 is 0 Å². The van der Waals surface area contributed by atoms with Crippen LogP contribution in [-0.4, -0.2) is 0 Å². The molecule has 2 nitrogen and oxygen atoms in total. The molecule has 0 unspecified atom stereocenters. The minimum absolute atomic E-state index is 0.624. The molecule has 1 aromatic rings. The Morgan fingerprint density at radius 3 is 2.00 bits per heavy atom. The van der Waals surface area contributed by atoms with Crippen LogP contribution in [0.3, 0.4) is 0 Å². The first-order valence-electron chi connectivity index (χ1n) is 2.64. The molecule has 0 spiro atoms. The maximum Gasteiger partial charge on any atom is 0.104 e. The molecule has 0 saturated heterocycles. The Hall–Kier alpha value is -1.37. The first-order chi connectivity index (χ1) is 4.86. The second-order valence-corrected chi connectivity index (χ2v) is 2.82. The molecule has 0 aliphatic heterocycles. The van der Waals surface area contributed by atoms with Crippen LogP contribution in [0.2, 0.25) is 0 Å². The largest absolute Gasteiger partial charge is 0.192 e. The minimum atomic E-state index is 0.624. The van der Waals surface area contributed by atoms with Crippen LogP contribution in [0, 0.1) is 22.7 Å².